The van der Waals surface area contributed by atoms with Gasteiger partial charge in [0, 0.05) is 24.3 Å². The predicted molar refractivity (Wildman–Crippen MR) is 103 cm³/mol. The van der Waals surface area contributed by atoms with Gasteiger partial charge in [0.2, 0.25) is 5.91 Å². The van der Waals surface area contributed by atoms with Crippen LogP contribution in [0.15, 0.2) is 24.3 Å². The molecule has 4 heteroatoms. The second kappa shape index (κ2) is 7.59. The van der Waals surface area contributed by atoms with Crippen molar-refractivity contribution in [1.29, 1.82) is 0 Å². The third-order valence-corrected chi connectivity index (χ3v) is 6.08. The lowest BCUT2D eigenvalue weighted by molar-refractivity contribution is -0.154. The van der Waals surface area contributed by atoms with Crippen molar-refractivity contribution >= 4 is 5.91 Å². The molecule has 0 aromatic heterocycles. The summed E-state index contributed by atoms with van der Waals surface area (Å²) in [7, 11) is 0. The molecule has 1 saturated carbocycles. The first-order chi connectivity index (χ1) is 12.3. The van der Waals surface area contributed by atoms with Crippen LogP contribution in [0.25, 0.3) is 0 Å². The first kappa shape index (κ1) is 19.2. The smallest absolute Gasteiger partial charge is 0.220 e. The van der Waals surface area contributed by atoms with Crippen LogP contribution in [0.5, 0.6) is 5.75 Å². The van der Waals surface area contributed by atoms with Crippen LogP contribution in [-0.4, -0.2) is 22.7 Å². The zero-order valence-electron chi connectivity index (χ0n) is 16.5. The molecule has 1 amide bonds. The maximum Gasteiger partial charge on any atom is 0.220 e. The minimum atomic E-state index is -0.273. The van der Waals surface area contributed by atoms with Crippen molar-refractivity contribution in [2.45, 2.75) is 77.5 Å². The maximum atomic E-state index is 12.6. The molecule has 1 aliphatic carbocycles. The number of aromatic hydroxyl groups is 1. The van der Waals surface area contributed by atoms with E-state index in [1.807, 2.05) is 12.1 Å². The van der Waals surface area contributed by atoms with Crippen LogP contribution in [0.2, 0.25) is 0 Å². The number of fused-ring (bicyclic) bond motifs is 1. The fourth-order valence-corrected chi connectivity index (χ4v) is 4.81. The zero-order valence-corrected chi connectivity index (χ0v) is 16.5. The number of benzene rings is 1. The van der Waals surface area contributed by atoms with Crippen molar-refractivity contribution in [2.24, 2.45) is 17.8 Å². The highest BCUT2D eigenvalue weighted by molar-refractivity contribution is 5.77. The molecule has 26 heavy (non-hydrogen) atoms. The highest BCUT2D eigenvalue weighted by Gasteiger charge is 2.49. The van der Waals surface area contributed by atoms with Crippen molar-refractivity contribution in [3.05, 3.63) is 29.8 Å². The molecule has 1 aromatic carbocycles. The average Bonchev–Trinajstić information content (AvgIpc) is 2.53. The molecule has 2 N–H and O–H groups in total. The summed E-state index contributed by atoms with van der Waals surface area (Å²) in [6.45, 7) is 8.63. The number of nitrogens with one attached hydrogen (secondary N) is 1. The number of rotatable bonds is 4. The quantitative estimate of drug-likeness (QED) is 0.827. The van der Waals surface area contributed by atoms with Gasteiger partial charge in [-0.1, -0.05) is 39.3 Å². The molecule has 1 saturated heterocycles. The van der Waals surface area contributed by atoms with E-state index in [2.05, 4.69) is 33.0 Å². The minimum Gasteiger partial charge on any atom is -0.508 e. The fraction of sp³-hybridized carbons (Fsp3) is 0.682. The van der Waals surface area contributed by atoms with Gasteiger partial charge in [-0.05, 0) is 49.3 Å². The van der Waals surface area contributed by atoms with E-state index in [-0.39, 0.29) is 29.4 Å². The Morgan fingerprint density at radius 2 is 2.15 bits per heavy atom. The summed E-state index contributed by atoms with van der Waals surface area (Å²) in [6, 6.07) is 7.33. The summed E-state index contributed by atoms with van der Waals surface area (Å²) >= 11 is 0. The summed E-state index contributed by atoms with van der Waals surface area (Å²) < 4.78 is 6.50. The largest absolute Gasteiger partial charge is 0.508 e. The number of carbonyl (C=O) groups excluding carboxylic acids is 1. The van der Waals surface area contributed by atoms with Crippen LogP contribution >= 0.6 is 0 Å². The van der Waals surface area contributed by atoms with E-state index in [9.17, 15) is 9.90 Å². The number of hydrogen-bond donors (Lipinski definition) is 2. The number of phenols is 1. The Labute approximate surface area is 157 Å². The van der Waals surface area contributed by atoms with Gasteiger partial charge >= 0.3 is 0 Å². The van der Waals surface area contributed by atoms with Gasteiger partial charge in [-0.3, -0.25) is 4.79 Å². The lowest BCUT2D eigenvalue weighted by Gasteiger charge is -2.52. The van der Waals surface area contributed by atoms with Gasteiger partial charge in [0.1, 0.15) is 5.75 Å². The van der Waals surface area contributed by atoms with Crippen molar-refractivity contribution in [3.63, 3.8) is 0 Å². The van der Waals surface area contributed by atoms with E-state index in [1.165, 1.54) is 6.42 Å². The first-order valence-corrected chi connectivity index (χ1v) is 10.0. The van der Waals surface area contributed by atoms with E-state index in [4.69, 9.17) is 4.74 Å². The maximum absolute atomic E-state index is 12.6. The third kappa shape index (κ3) is 4.22. The molecule has 0 unspecified atom stereocenters. The number of amides is 1. The van der Waals surface area contributed by atoms with Crippen LogP contribution in [-0.2, 0) is 9.53 Å². The lowest BCUT2D eigenvalue weighted by atomic mass is 9.66. The topological polar surface area (TPSA) is 58.6 Å². The van der Waals surface area contributed by atoms with Crippen LogP contribution in [0.3, 0.4) is 0 Å². The Balaban J connectivity index is 1.86. The molecule has 2 aliphatic rings. The molecule has 1 aliphatic heterocycles. The van der Waals surface area contributed by atoms with Gasteiger partial charge in [0.25, 0.3) is 0 Å². The Kier molecular flexibility index (Phi) is 5.61. The van der Waals surface area contributed by atoms with E-state index in [0.29, 0.717) is 24.2 Å². The van der Waals surface area contributed by atoms with E-state index < -0.39 is 0 Å². The lowest BCUT2D eigenvalue weighted by Crippen LogP contribution is -2.60. The Hall–Kier alpha value is -1.55. The van der Waals surface area contributed by atoms with Gasteiger partial charge < -0.3 is 15.2 Å². The molecule has 0 spiro atoms. The van der Waals surface area contributed by atoms with Crippen LogP contribution in [0, 0.1) is 17.8 Å². The van der Waals surface area contributed by atoms with Crippen molar-refractivity contribution in [2.75, 3.05) is 0 Å². The Bertz CT molecular complexity index is 644. The number of hydrogen-bond acceptors (Lipinski definition) is 3. The summed E-state index contributed by atoms with van der Waals surface area (Å²) in [4.78, 5) is 12.6. The molecule has 1 heterocycles. The van der Waals surface area contributed by atoms with Gasteiger partial charge in [0.15, 0.2) is 0 Å². The Morgan fingerprint density at radius 1 is 1.38 bits per heavy atom. The first-order valence-electron chi connectivity index (χ1n) is 10.0. The van der Waals surface area contributed by atoms with E-state index in [0.717, 1.165) is 24.8 Å². The molecule has 5 atom stereocenters. The second-order valence-corrected chi connectivity index (χ2v) is 9.05. The fourth-order valence-electron chi connectivity index (χ4n) is 4.81. The van der Waals surface area contributed by atoms with Crippen molar-refractivity contribution in [1.82, 2.24) is 5.32 Å². The highest BCUT2D eigenvalue weighted by Crippen LogP contribution is 2.48. The summed E-state index contributed by atoms with van der Waals surface area (Å²) in [6.07, 6.45) is 4.68. The molecular weight excluding hydrogens is 326 g/mol. The monoisotopic (exact) mass is 359 g/mol. The van der Waals surface area contributed by atoms with Crippen LogP contribution < -0.4 is 5.32 Å². The summed E-state index contributed by atoms with van der Waals surface area (Å²) in [5.41, 5.74) is 0.719. The Morgan fingerprint density at radius 3 is 2.85 bits per heavy atom. The standard InChI is InChI=1S/C22H33NO3/c1-14(2)10-21(25)23-22(4)13-20(16-6-5-7-17(24)12-16)26-19-11-15(3)8-9-18(19)22/h5-7,12,14-15,18-20,24H,8-11,13H2,1-4H3,(H,23,25)/t15-,18-,19-,20-,22-/m1/s1. The average molecular weight is 360 g/mol. The molecule has 0 bridgehead atoms. The van der Waals surface area contributed by atoms with Gasteiger partial charge in [-0.15, -0.1) is 0 Å². The second-order valence-electron chi connectivity index (χ2n) is 9.05. The number of phenolic OH excluding ortho intramolecular Hbond substituents is 1. The highest BCUT2D eigenvalue weighted by atomic mass is 16.5. The molecule has 144 valence electrons. The van der Waals surface area contributed by atoms with E-state index >= 15 is 0 Å². The summed E-state index contributed by atoms with van der Waals surface area (Å²) in [5.74, 6) is 1.74. The molecule has 4 nitrogen and oxygen atoms in total. The zero-order chi connectivity index (χ0) is 18.9. The van der Waals surface area contributed by atoms with Gasteiger partial charge in [-0.2, -0.15) is 0 Å². The minimum absolute atomic E-state index is 0.0991. The number of ether oxygens (including phenoxy) is 1. The van der Waals surface area contributed by atoms with Gasteiger partial charge in [-0.25, -0.2) is 0 Å². The van der Waals surface area contributed by atoms with Crippen molar-refractivity contribution < 1.29 is 14.6 Å². The molecule has 1 aromatic rings. The normalized spacial score (nSPS) is 34.3. The third-order valence-electron chi connectivity index (χ3n) is 6.08. The summed E-state index contributed by atoms with van der Waals surface area (Å²) in [5, 5.41) is 13.2. The van der Waals surface area contributed by atoms with Crippen molar-refractivity contribution in [3.8, 4) is 5.75 Å². The predicted octanol–water partition coefficient (Wildman–Crippen LogP) is 4.58. The molecule has 0 radical (unpaired) electrons. The number of carbonyl (C=O) groups is 1. The van der Waals surface area contributed by atoms with Gasteiger partial charge in [0.05, 0.1) is 12.2 Å². The van der Waals surface area contributed by atoms with E-state index in [1.54, 1.807) is 12.1 Å². The van der Waals surface area contributed by atoms with Crippen LogP contribution in [0.4, 0.5) is 0 Å². The molecule has 3 rings (SSSR count). The van der Waals surface area contributed by atoms with Crippen LogP contribution in [0.1, 0.15) is 71.5 Å². The SMILES string of the molecule is CC(C)CC(=O)N[C@]1(C)C[C@H](c2cccc(O)c2)O[C@@H]2C[C@H](C)CC[C@H]21. The molecule has 2 fully saturated rings. The molecular formula is C22H33NO3.